The standard InChI is InChI=1S/C12H20N2O2/c1-12(2,3)16-7-6-15-11-5-4-10(8-13)9-14-11/h4-5,9H,6-8,13H2,1-3H3. The molecule has 4 heteroatoms. The number of hydrogen-bond donors (Lipinski definition) is 1. The van der Waals surface area contributed by atoms with Crippen molar-refractivity contribution in [1.82, 2.24) is 4.98 Å². The zero-order valence-corrected chi connectivity index (χ0v) is 10.2. The molecule has 0 fully saturated rings. The third-order valence-electron chi connectivity index (χ3n) is 1.90. The van der Waals surface area contributed by atoms with Crippen molar-refractivity contribution in [1.29, 1.82) is 0 Å². The van der Waals surface area contributed by atoms with Gasteiger partial charge in [0.2, 0.25) is 5.88 Å². The number of pyridine rings is 1. The molecule has 0 atom stereocenters. The molecule has 1 heterocycles. The average molecular weight is 224 g/mol. The highest BCUT2D eigenvalue weighted by Crippen LogP contribution is 2.08. The zero-order chi connectivity index (χ0) is 12.0. The Morgan fingerprint density at radius 1 is 1.25 bits per heavy atom. The first-order chi connectivity index (χ1) is 7.51. The summed E-state index contributed by atoms with van der Waals surface area (Å²) in [5.74, 6) is 0.606. The van der Waals surface area contributed by atoms with E-state index in [9.17, 15) is 0 Å². The van der Waals surface area contributed by atoms with Gasteiger partial charge in [-0.25, -0.2) is 4.98 Å². The third-order valence-corrected chi connectivity index (χ3v) is 1.90. The summed E-state index contributed by atoms with van der Waals surface area (Å²) in [6, 6.07) is 3.73. The molecule has 0 aliphatic heterocycles. The fourth-order valence-corrected chi connectivity index (χ4v) is 1.11. The van der Waals surface area contributed by atoms with Gasteiger partial charge < -0.3 is 15.2 Å². The molecule has 1 aromatic heterocycles. The largest absolute Gasteiger partial charge is 0.475 e. The molecule has 1 aromatic rings. The van der Waals surface area contributed by atoms with Crippen LogP contribution < -0.4 is 10.5 Å². The predicted molar refractivity (Wildman–Crippen MR) is 63.3 cm³/mol. The number of ether oxygens (including phenoxy) is 2. The van der Waals surface area contributed by atoms with Crippen molar-refractivity contribution in [2.24, 2.45) is 5.73 Å². The molecule has 16 heavy (non-hydrogen) atoms. The molecule has 1 rings (SSSR count). The van der Waals surface area contributed by atoms with Crippen LogP contribution in [-0.4, -0.2) is 23.8 Å². The van der Waals surface area contributed by atoms with Gasteiger partial charge in [0, 0.05) is 18.8 Å². The summed E-state index contributed by atoms with van der Waals surface area (Å²) in [7, 11) is 0. The second kappa shape index (κ2) is 5.82. The highest BCUT2D eigenvalue weighted by atomic mass is 16.5. The van der Waals surface area contributed by atoms with Gasteiger partial charge in [0.25, 0.3) is 0 Å². The molecule has 0 bridgehead atoms. The lowest BCUT2D eigenvalue weighted by molar-refractivity contribution is -0.0168. The van der Waals surface area contributed by atoms with Crippen LogP contribution in [0.4, 0.5) is 0 Å². The van der Waals surface area contributed by atoms with E-state index in [4.69, 9.17) is 15.2 Å². The van der Waals surface area contributed by atoms with Gasteiger partial charge in [0.1, 0.15) is 6.61 Å². The molecule has 0 aliphatic rings. The van der Waals surface area contributed by atoms with Crippen molar-refractivity contribution in [3.63, 3.8) is 0 Å². The summed E-state index contributed by atoms with van der Waals surface area (Å²) in [4.78, 5) is 4.13. The number of nitrogens with two attached hydrogens (primary N) is 1. The van der Waals surface area contributed by atoms with Crippen LogP contribution in [0.2, 0.25) is 0 Å². The van der Waals surface area contributed by atoms with E-state index in [0.717, 1.165) is 5.56 Å². The summed E-state index contributed by atoms with van der Waals surface area (Å²) in [5, 5.41) is 0. The van der Waals surface area contributed by atoms with E-state index < -0.39 is 0 Å². The molecule has 4 nitrogen and oxygen atoms in total. The van der Waals surface area contributed by atoms with E-state index in [1.165, 1.54) is 0 Å². The van der Waals surface area contributed by atoms with Crippen LogP contribution in [0.1, 0.15) is 26.3 Å². The predicted octanol–water partition coefficient (Wildman–Crippen LogP) is 1.73. The van der Waals surface area contributed by atoms with E-state index in [1.807, 2.05) is 32.9 Å². The van der Waals surface area contributed by atoms with Gasteiger partial charge in [-0.15, -0.1) is 0 Å². The lowest BCUT2D eigenvalue weighted by Crippen LogP contribution is -2.22. The minimum Gasteiger partial charge on any atom is -0.475 e. The second-order valence-corrected chi connectivity index (χ2v) is 4.52. The van der Waals surface area contributed by atoms with Gasteiger partial charge >= 0.3 is 0 Å². The first-order valence-electron chi connectivity index (χ1n) is 5.43. The third kappa shape index (κ3) is 5.09. The van der Waals surface area contributed by atoms with Crippen LogP contribution in [0, 0.1) is 0 Å². The molecule has 0 aliphatic carbocycles. The maximum atomic E-state index is 5.52. The van der Waals surface area contributed by atoms with Gasteiger partial charge in [-0.05, 0) is 26.3 Å². The van der Waals surface area contributed by atoms with Crippen LogP contribution in [0.3, 0.4) is 0 Å². The molecular weight excluding hydrogens is 204 g/mol. The van der Waals surface area contributed by atoms with E-state index >= 15 is 0 Å². The summed E-state index contributed by atoms with van der Waals surface area (Å²) in [6.07, 6.45) is 1.72. The first kappa shape index (κ1) is 12.9. The van der Waals surface area contributed by atoms with Crippen molar-refractivity contribution in [2.45, 2.75) is 32.9 Å². The molecule has 0 saturated heterocycles. The zero-order valence-electron chi connectivity index (χ0n) is 10.2. The summed E-state index contributed by atoms with van der Waals surface area (Å²) >= 11 is 0. The van der Waals surface area contributed by atoms with Gasteiger partial charge in [-0.1, -0.05) is 6.07 Å². The van der Waals surface area contributed by atoms with Crippen molar-refractivity contribution >= 4 is 0 Å². The molecular formula is C12H20N2O2. The molecule has 0 saturated carbocycles. The number of nitrogens with zero attached hydrogens (tertiary/aromatic N) is 1. The van der Waals surface area contributed by atoms with E-state index in [0.29, 0.717) is 25.6 Å². The van der Waals surface area contributed by atoms with E-state index in [-0.39, 0.29) is 5.60 Å². The van der Waals surface area contributed by atoms with Gasteiger partial charge in [0.05, 0.1) is 12.2 Å². The smallest absolute Gasteiger partial charge is 0.213 e. The minimum atomic E-state index is -0.125. The minimum absolute atomic E-state index is 0.125. The van der Waals surface area contributed by atoms with E-state index in [1.54, 1.807) is 6.20 Å². The molecule has 2 N–H and O–H groups in total. The average Bonchev–Trinajstić information content (AvgIpc) is 2.24. The monoisotopic (exact) mass is 224 g/mol. The van der Waals surface area contributed by atoms with Crippen LogP contribution in [-0.2, 0) is 11.3 Å². The Bertz CT molecular complexity index is 304. The van der Waals surface area contributed by atoms with Crippen molar-refractivity contribution in [2.75, 3.05) is 13.2 Å². The normalized spacial score (nSPS) is 11.5. The Hall–Kier alpha value is -1.13. The quantitative estimate of drug-likeness (QED) is 0.774. The number of aromatic nitrogens is 1. The Balaban J connectivity index is 2.27. The Labute approximate surface area is 96.8 Å². The summed E-state index contributed by atoms with van der Waals surface area (Å²) < 4.78 is 10.9. The molecule has 0 amide bonds. The summed E-state index contributed by atoms with van der Waals surface area (Å²) in [6.45, 7) is 7.61. The van der Waals surface area contributed by atoms with Gasteiger partial charge in [-0.2, -0.15) is 0 Å². The lowest BCUT2D eigenvalue weighted by Gasteiger charge is -2.19. The second-order valence-electron chi connectivity index (χ2n) is 4.52. The molecule has 90 valence electrons. The summed E-state index contributed by atoms with van der Waals surface area (Å²) in [5.41, 5.74) is 6.34. The van der Waals surface area contributed by atoms with Crippen LogP contribution in [0.15, 0.2) is 18.3 Å². The Kier molecular flexibility index (Phi) is 4.71. The number of rotatable bonds is 5. The number of hydrogen-bond acceptors (Lipinski definition) is 4. The van der Waals surface area contributed by atoms with Gasteiger partial charge in [-0.3, -0.25) is 0 Å². The van der Waals surface area contributed by atoms with Crippen molar-refractivity contribution in [3.05, 3.63) is 23.9 Å². The van der Waals surface area contributed by atoms with Crippen LogP contribution >= 0.6 is 0 Å². The topological polar surface area (TPSA) is 57.4 Å². The molecule has 0 spiro atoms. The fourth-order valence-electron chi connectivity index (χ4n) is 1.11. The highest BCUT2D eigenvalue weighted by molar-refractivity contribution is 5.17. The SMILES string of the molecule is CC(C)(C)OCCOc1ccc(CN)cn1. The van der Waals surface area contributed by atoms with Crippen molar-refractivity contribution in [3.8, 4) is 5.88 Å². The fraction of sp³-hybridized carbons (Fsp3) is 0.583. The highest BCUT2D eigenvalue weighted by Gasteiger charge is 2.09. The van der Waals surface area contributed by atoms with Crippen LogP contribution in [0.25, 0.3) is 0 Å². The maximum absolute atomic E-state index is 5.52. The Morgan fingerprint density at radius 2 is 2.00 bits per heavy atom. The Morgan fingerprint density at radius 3 is 2.50 bits per heavy atom. The van der Waals surface area contributed by atoms with Gasteiger partial charge in [0.15, 0.2) is 0 Å². The first-order valence-corrected chi connectivity index (χ1v) is 5.43. The molecule has 0 unspecified atom stereocenters. The van der Waals surface area contributed by atoms with E-state index in [2.05, 4.69) is 4.98 Å². The van der Waals surface area contributed by atoms with Crippen LogP contribution in [0.5, 0.6) is 5.88 Å². The maximum Gasteiger partial charge on any atom is 0.213 e. The lowest BCUT2D eigenvalue weighted by atomic mass is 10.2. The van der Waals surface area contributed by atoms with Crippen molar-refractivity contribution < 1.29 is 9.47 Å². The molecule has 0 aromatic carbocycles. The molecule has 0 radical (unpaired) electrons.